The highest BCUT2D eigenvalue weighted by Gasteiger charge is 2.17. The molecule has 10 heteroatoms. The number of aliphatic hydroxyl groups excluding tert-OH is 1. The number of aromatic nitrogens is 4. The van der Waals surface area contributed by atoms with E-state index in [-0.39, 0.29) is 17.7 Å². The van der Waals surface area contributed by atoms with E-state index in [1.54, 1.807) is 128 Å². The molecule has 0 radical (unpaired) electrons. The van der Waals surface area contributed by atoms with Gasteiger partial charge in [-0.1, -0.05) is 72.8 Å². The van der Waals surface area contributed by atoms with E-state index < -0.39 is 0 Å². The predicted molar refractivity (Wildman–Crippen MR) is 222 cm³/mol. The fourth-order valence-electron chi connectivity index (χ4n) is 6.46. The molecule has 0 aliphatic carbocycles. The third kappa shape index (κ3) is 8.04. The number of carbonyl (C=O) groups excluding carboxylic acids is 1. The summed E-state index contributed by atoms with van der Waals surface area (Å²) in [4.78, 5) is 46.8. The number of aldehydes is 1. The van der Waals surface area contributed by atoms with Gasteiger partial charge in [0.2, 0.25) is 0 Å². The van der Waals surface area contributed by atoms with Crippen molar-refractivity contribution in [1.82, 2.24) is 19.1 Å². The zero-order valence-electron chi connectivity index (χ0n) is 30.8. The number of nitriles is 2. The number of pyridine rings is 4. The highest BCUT2D eigenvalue weighted by molar-refractivity contribution is 5.78. The Hall–Kier alpha value is -8.31. The predicted octanol–water partition coefficient (Wildman–Crippen LogP) is 8.18. The van der Waals surface area contributed by atoms with E-state index in [0.29, 0.717) is 61.6 Å². The first kappa shape index (κ1) is 38.0. The maximum Gasteiger partial charge on any atom is 0.263 e. The van der Waals surface area contributed by atoms with Gasteiger partial charge in [-0.3, -0.25) is 33.5 Å². The van der Waals surface area contributed by atoms with Crippen molar-refractivity contribution in [3.8, 4) is 68.3 Å². The first-order valence-corrected chi connectivity index (χ1v) is 18.0. The van der Waals surface area contributed by atoms with E-state index >= 15 is 0 Å². The summed E-state index contributed by atoms with van der Waals surface area (Å²) in [5, 5.41) is 28.5. The average Bonchev–Trinajstić information content (AvgIpc) is 3.30. The van der Waals surface area contributed by atoms with Crippen LogP contribution in [0.1, 0.15) is 27.0 Å². The lowest BCUT2D eigenvalue weighted by atomic mass is 9.99. The van der Waals surface area contributed by atoms with Crippen molar-refractivity contribution in [2.24, 2.45) is 0 Å². The first-order chi connectivity index (χ1) is 28.4. The van der Waals surface area contributed by atoms with Crippen LogP contribution in [-0.4, -0.2) is 30.5 Å². The molecule has 4 heterocycles. The van der Waals surface area contributed by atoms with Gasteiger partial charge in [0, 0.05) is 75.1 Å². The molecule has 0 unspecified atom stereocenters. The number of hydrogen-bond acceptors (Lipinski definition) is 8. The first-order valence-electron chi connectivity index (χ1n) is 18.0. The molecule has 8 aromatic rings. The molecule has 278 valence electrons. The second kappa shape index (κ2) is 17.4. The Kier molecular flexibility index (Phi) is 11.4. The van der Waals surface area contributed by atoms with Crippen LogP contribution in [0.15, 0.2) is 180 Å². The topological polar surface area (TPSA) is 155 Å². The van der Waals surface area contributed by atoms with Gasteiger partial charge in [0.1, 0.15) is 6.29 Å². The molecule has 0 bridgehead atoms. The van der Waals surface area contributed by atoms with E-state index in [9.17, 15) is 30.0 Å². The highest BCUT2D eigenvalue weighted by Crippen LogP contribution is 2.28. The maximum atomic E-state index is 13.4. The van der Waals surface area contributed by atoms with Crippen LogP contribution in [0.3, 0.4) is 0 Å². The Balaban J connectivity index is 0.000000177. The molecule has 0 fully saturated rings. The number of hydrogen-bond donors (Lipinski definition) is 1. The highest BCUT2D eigenvalue weighted by atomic mass is 16.3. The number of nitrogens with zero attached hydrogens (tertiary/aromatic N) is 6. The minimum absolute atomic E-state index is 0.118. The van der Waals surface area contributed by atoms with Crippen LogP contribution in [0.5, 0.6) is 0 Å². The van der Waals surface area contributed by atoms with E-state index in [0.717, 1.165) is 23.1 Å². The van der Waals surface area contributed by atoms with Crippen molar-refractivity contribution in [3.63, 3.8) is 0 Å². The lowest BCUT2D eigenvalue weighted by Gasteiger charge is -2.13. The van der Waals surface area contributed by atoms with Crippen LogP contribution >= 0.6 is 0 Å². The van der Waals surface area contributed by atoms with Crippen LogP contribution in [-0.2, 0) is 6.61 Å². The Morgan fingerprint density at radius 2 is 1.03 bits per heavy atom. The van der Waals surface area contributed by atoms with Gasteiger partial charge < -0.3 is 5.11 Å². The summed E-state index contributed by atoms with van der Waals surface area (Å²) in [6.45, 7) is -0.118. The van der Waals surface area contributed by atoms with Gasteiger partial charge in [-0.05, 0) is 78.4 Å². The molecular formula is C48H32N6O4. The lowest BCUT2D eigenvalue weighted by molar-refractivity contribution is 0.112. The Morgan fingerprint density at radius 1 is 0.552 bits per heavy atom. The maximum absolute atomic E-state index is 13.4. The molecule has 0 saturated carbocycles. The average molecular weight is 757 g/mol. The second-order valence-corrected chi connectivity index (χ2v) is 12.9. The van der Waals surface area contributed by atoms with Gasteiger partial charge in [-0.25, -0.2) is 0 Å². The van der Waals surface area contributed by atoms with E-state index in [4.69, 9.17) is 0 Å². The van der Waals surface area contributed by atoms with E-state index in [2.05, 4.69) is 22.1 Å². The molecule has 8 rings (SSSR count). The summed E-state index contributed by atoms with van der Waals surface area (Å²) in [6.07, 6.45) is 7.55. The fourth-order valence-corrected chi connectivity index (χ4v) is 6.46. The summed E-state index contributed by atoms with van der Waals surface area (Å²) < 4.78 is 3.02. The Bertz CT molecular complexity index is 2980. The third-order valence-electron chi connectivity index (χ3n) is 9.29. The molecular weight excluding hydrogens is 725 g/mol. The van der Waals surface area contributed by atoms with Crippen LogP contribution in [0, 0.1) is 22.7 Å². The van der Waals surface area contributed by atoms with Gasteiger partial charge in [0.15, 0.2) is 0 Å². The van der Waals surface area contributed by atoms with Gasteiger partial charge in [0.25, 0.3) is 11.1 Å². The van der Waals surface area contributed by atoms with Crippen molar-refractivity contribution in [2.45, 2.75) is 6.61 Å². The fraction of sp³-hybridized carbons (Fsp3) is 0.0208. The van der Waals surface area contributed by atoms with Crippen molar-refractivity contribution in [2.75, 3.05) is 0 Å². The van der Waals surface area contributed by atoms with Crippen molar-refractivity contribution in [1.29, 1.82) is 10.5 Å². The van der Waals surface area contributed by atoms with Crippen molar-refractivity contribution < 1.29 is 9.90 Å². The zero-order chi connectivity index (χ0) is 40.4. The number of carbonyl (C=O) groups is 1. The SMILES string of the molecule is N#Cc1ccccc1-c1cc(-c2ccccn2)cn(-c2cccc(C=O)c2)c1=O.N#Cc1ccccc1-c1cc(-c2ccccn2)cn(-c2cccc(CO)c2)c1=O. The summed E-state index contributed by atoms with van der Waals surface area (Å²) >= 11 is 0. The van der Waals surface area contributed by atoms with E-state index in [1.807, 2.05) is 42.5 Å². The molecule has 0 spiro atoms. The summed E-state index contributed by atoms with van der Waals surface area (Å²) in [5.74, 6) is 0. The molecule has 1 N–H and O–H groups in total. The van der Waals surface area contributed by atoms with Crippen molar-refractivity contribution in [3.05, 3.63) is 213 Å². The molecule has 0 saturated heterocycles. The second-order valence-electron chi connectivity index (χ2n) is 12.9. The standard InChI is InChI=1S/C24H17N3O2.C24H15N3O2/c2*25-14-18-7-1-2-9-21(18)22-13-19(23-10-3-4-11-26-23)15-27(24(22)29)20-8-5-6-17(12-20)16-28/h1-13,15,28H,16H2;1-13,15-16H. The number of benzene rings is 4. The Labute approximate surface area is 333 Å². The zero-order valence-corrected chi connectivity index (χ0v) is 30.8. The summed E-state index contributed by atoms with van der Waals surface area (Å²) in [6, 6.07) is 47.0. The van der Waals surface area contributed by atoms with Crippen LogP contribution in [0.2, 0.25) is 0 Å². The van der Waals surface area contributed by atoms with E-state index in [1.165, 1.54) is 9.13 Å². The van der Waals surface area contributed by atoms with Gasteiger partial charge in [-0.15, -0.1) is 0 Å². The normalized spacial score (nSPS) is 10.4. The monoisotopic (exact) mass is 756 g/mol. The molecule has 10 nitrogen and oxygen atoms in total. The summed E-state index contributed by atoms with van der Waals surface area (Å²) in [7, 11) is 0. The molecule has 0 atom stereocenters. The minimum Gasteiger partial charge on any atom is -0.392 e. The quantitative estimate of drug-likeness (QED) is 0.152. The van der Waals surface area contributed by atoms with Crippen LogP contribution in [0.25, 0.3) is 56.1 Å². The molecule has 4 aromatic carbocycles. The van der Waals surface area contributed by atoms with Crippen LogP contribution < -0.4 is 11.1 Å². The molecule has 58 heavy (non-hydrogen) atoms. The van der Waals surface area contributed by atoms with Gasteiger partial charge in [0.05, 0.1) is 41.3 Å². The smallest absolute Gasteiger partial charge is 0.263 e. The third-order valence-corrected chi connectivity index (χ3v) is 9.29. The molecule has 4 aromatic heterocycles. The molecule has 0 aliphatic heterocycles. The number of aliphatic hydroxyl groups is 1. The summed E-state index contributed by atoms with van der Waals surface area (Å²) in [5.41, 5.74) is 7.51. The minimum atomic E-state index is -0.282. The lowest BCUT2D eigenvalue weighted by Crippen LogP contribution is -2.20. The molecule has 0 aliphatic rings. The largest absolute Gasteiger partial charge is 0.392 e. The van der Waals surface area contributed by atoms with Gasteiger partial charge >= 0.3 is 0 Å². The number of rotatable bonds is 8. The van der Waals surface area contributed by atoms with Crippen molar-refractivity contribution >= 4 is 6.29 Å². The molecule has 0 amide bonds. The Morgan fingerprint density at radius 3 is 1.50 bits per heavy atom. The van der Waals surface area contributed by atoms with Crippen LogP contribution in [0.4, 0.5) is 0 Å². The van der Waals surface area contributed by atoms with Gasteiger partial charge in [-0.2, -0.15) is 10.5 Å².